The van der Waals surface area contributed by atoms with Gasteiger partial charge in [0.25, 0.3) is 11.8 Å². The molecule has 354 valence electrons. The Hall–Kier alpha value is -4.68. The van der Waals surface area contributed by atoms with E-state index in [9.17, 15) is 52.8 Å². The zero-order chi connectivity index (χ0) is 49.6. The molecule has 0 saturated carbocycles. The number of carbonyl (C=O) groups is 2. The van der Waals surface area contributed by atoms with Gasteiger partial charge in [-0.25, -0.2) is 16.8 Å². The van der Waals surface area contributed by atoms with E-state index in [-0.39, 0.29) is 38.0 Å². The molecule has 1 atom stereocenters. The molecule has 0 saturated heterocycles. The lowest BCUT2D eigenvalue weighted by Gasteiger charge is -2.39. The molecule has 0 aliphatic heterocycles. The molecular formula is C42H39Br2ClF6N6O6S3. The highest BCUT2D eigenvalue weighted by Gasteiger charge is 2.66. The molecule has 0 aromatic heterocycles. The van der Waals surface area contributed by atoms with Gasteiger partial charge >= 0.3 is 12.4 Å². The largest absolute Gasteiger partial charge is 0.417 e. The van der Waals surface area contributed by atoms with Crippen LogP contribution in [-0.4, -0.2) is 50.8 Å². The maximum absolute atomic E-state index is 14.9. The fourth-order valence-electron chi connectivity index (χ4n) is 6.64. The molecule has 5 rings (SSSR count). The number of nitrogens with two attached hydrogens (primary N) is 4. The van der Waals surface area contributed by atoms with Crippen LogP contribution in [-0.2, 0) is 37.1 Å². The number of alkyl halides is 6. The van der Waals surface area contributed by atoms with Crippen LogP contribution in [0.25, 0.3) is 0 Å². The number of aryl methyl sites for hydroxylation is 1. The van der Waals surface area contributed by atoms with E-state index in [0.29, 0.717) is 34.2 Å². The molecule has 1 aliphatic carbocycles. The lowest BCUT2D eigenvalue weighted by Crippen LogP contribution is -2.53. The number of guanidine groups is 2. The standard InChI is InChI=1S/C25H24BrClF3N3O5S2.C17H15BrF3N3OS/c1-2-3-6-15-14-24(39(35,36)17-11-9-16(27)10-12-17,40(37,38)20-8-5-4-7-19(20)26)21(25(28,29)30)13-18(15)22(34)33-23(31)32;1-2-9-7-14(26-13-6-4-3-5-12(13)18)11(17(19,20)21)8-10(9)15(25)24-16(22)23/h4-5,7-13H,2-3,6,14H2,1H3,(H4,31,32,33,34);3-8H,2H2,1H3,(H4,22,23,24,25). The molecule has 0 spiro atoms. The topological polar surface area (TPSA) is 231 Å². The highest BCUT2D eigenvalue weighted by Crippen LogP contribution is 2.55. The summed E-state index contributed by atoms with van der Waals surface area (Å²) < 4.78 is 140. The Morgan fingerprint density at radius 1 is 0.758 bits per heavy atom. The second-order valence-corrected chi connectivity index (χ2v) is 21.9. The van der Waals surface area contributed by atoms with Gasteiger partial charge in [0.1, 0.15) is 0 Å². The van der Waals surface area contributed by atoms with Gasteiger partial charge in [0, 0.05) is 41.3 Å². The quantitative estimate of drug-likeness (QED) is 0.0592. The van der Waals surface area contributed by atoms with Crippen LogP contribution in [0.3, 0.4) is 0 Å². The number of carbonyl (C=O) groups excluding carboxylic acids is 2. The van der Waals surface area contributed by atoms with Gasteiger partial charge in [0.15, 0.2) is 11.9 Å². The number of halogens is 9. The van der Waals surface area contributed by atoms with Crippen molar-refractivity contribution in [2.24, 2.45) is 32.9 Å². The van der Waals surface area contributed by atoms with E-state index >= 15 is 0 Å². The van der Waals surface area contributed by atoms with Crippen LogP contribution in [0, 0.1) is 0 Å². The van der Waals surface area contributed by atoms with Crippen LogP contribution in [0.5, 0.6) is 0 Å². The highest BCUT2D eigenvalue weighted by atomic mass is 79.9. The number of sulfone groups is 2. The smallest absolute Gasteiger partial charge is 0.370 e. The number of amides is 2. The molecule has 8 N–H and O–H groups in total. The van der Waals surface area contributed by atoms with Crippen molar-refractivity contribution in [1.82, 2.24) is 0 Å². The predicted molar refractivity (Wildman–Crippen MR) is 248 cm³/mol. The first kappa shape index (κ1) is 53.9. The summed E-state index contributed by atoms with van der Waals surface area (Å²) in [4.78, 5) is 30.9. The van der Waals surface area contributed by atoms with E-state index < -0.39 is 92.8 Å². The monoisotopic (exact) mass is 1130 g/mol. The molecule has 1 aliphatic rings. The number of allylic oxidation sites excluding steroid dienone is 1. The highest BCUT2D eigenvalue weighted by molar-refractivity contribution is 9.10. The number of nitrogens with zero attached hydrogens (tertiary/aromatic N) is 2. The summed E-state index contributed by atoms with van der Waals surface area (Å²) in [5.74, 6) is -3.40. The molecule has 1 unspecified atom stereocenters. The Bertz CT molecular complexity index is 2870. The third-order valence-electron chi connectivity index (χ3n) is 9.65. The van der Waals surface area contributed by atoms with Crippen LogP contribution in [0.15, 0.2) is 146 Å². The Morgan fingerprint density at radius 3 is 1.83 bits per heavy atom. The third kappa shape index (κ3) is 11.9. The normalized spacial score (nSPS) is 15.5. The van der Waals surface area contributed by atoms with Crippen molar-refractivity contribution in [2.75, 3.05) is 0 Å². The van der Waals surface area contributed by atoms with Gasteiger partial charge in [-0.2, -0.15) is 36.3 Å². The summed E-state index contributed by atoms with van der Waals surface area (Å²) in [6.45, 7) is 3.50. The van der Waals surface area contributed by atoms with Crippen LogP contribution < -0.4 is 22.9 Å². The number of aliphatic imine (C=N–C) groups is 2. The maximum atomic E-state index is 14.9. The number of hydrogen-bond acceptors (Lipinski definition) is 7. The average molecular weight is 1130 g/mol. The molecular weight excluding hydrogens is 1090 g/mol. The van der Waals surface area contributed by atoms with Crippen molar-refractivity contribution in [3.05, 3.63) is 138 Å². The van der Waals surface area contributed by atoms with Crippen molar-refractivity contribution in [3.63, 3.8) is 0 Å². The minimum absolute atomic E-state index is 0.00231. The van der Waals surface area contributed by atoms with Crippen molar-refractivity contribution in [1.29, 1.82) is 0 Å². The molecule has 0 fully saturated rings. The third-order valence-corrected chi connectivity index (χ3v) is 18.6. The summed E-state index contributed by atoms with van der Waals surface area (Å²) in [6.07, 6.45) is -10.1. The summed E-state index contributed by atoms with van der Waals surface area (Å²) in [5.41, 5.74) is 17.5. The lowest BCUT2D eigenvalue weighted by atomic mass is 9.87. The van der Waals surface area contributed by atoms with E-state index in [1.54, 1.807) is 38.1 Å². The lowest BCUT2D eigenvalue weighted by molar-refractivity contribution is -0.139. The summed E-state index contributed by atoms with van der Waals surface area (Å²) in [5, 5.41) is 0.0746. The average Bonchev–Trinajstić information content (AvgIpc) is 3.22. The SMILES string of the molecule is CCCCC1=C(C(=O)N=C(N)N)C=C(C(F)(F)F)C(S(=O)(=O)c2ccc(Cl)cc2)(S(=O)(=O)c2ccccc2Br)C1.CCc1cc(Sc2ccccc2Br)c(C(F)(F)F)cc1C(=O)N=C(N)N. The van der Waals surface area contributed by atoms with Gasteiger partial charge in [-0.05, 0) is 123 Å². The zero-order valence-electron chi connectivity index (χ0n) is 34.5. The second kappa shape index (κ2) is 21.5. The molecule has 4 aromatic rings. The Kier molecular flexibility index (Phi) is 17.6. The zero-order valence-corrected chi connectivity index (χ0v) is 40.9. The molecule has 4 aromatic carbocycles. The maximum Gasteiger partial charge on any atom is 0.417 e. The first-order chi connectivity index (χ1) is 30.6. The van der Waals surface area contributed by atoms with Gasteiger partial charge < -0.3 is 22.9 Å². The molecule has 0 bridgehead atoms. The summed E-state index contributed by atoms with van der Waals surface area (Å²) in [7, 11) is -10.8. The van der Waals surface area contributed by atoms with Gasteiger partial charge in [0.05, 0.1) is 20.9 Å². The fraction of sp³-hybridized carbons (Fsp3) is 0.238. The molecule has 2 amide bonds. The predicted octanol–water partition coefficient (Wildman–Crippen LogP) is 9.82. The summed E-state index contributed by atoms with van der Waals surface area (Å²) in [6, 6.07) is 18.2. The molecule has 0 radical (unpaired) electrons. The van der Waals surface area contributed by atoms with Gasteiger partial charge in [-0.3, -0.25) is 9.59 Å². The molecule has 12 nitrogen and oxygen atoms in total. The Morgan fingerprint density at radius 2 is 1.32 bits per heavy atom. The van der Waals surface area contributed by atoms with Crippen LogP contribution in [0.4, 0.5) is 26.3 Å². The summed E-state index contributed by atoms with van der Waals surface area (Å²) >= 11 is 13.2. The van der Waals surface area contributed by atoms with Crippen LogP contribution in [0.1, 0.15) is 61.0 Å². The van der Waals surface area contributed by atoms with Crippen molar-refractivity contribution in [3.8, 4) is 0 Å². The van der Waals surface area contributed by atoms with Crippen molar-refractivity contribution < 1.29 is 52.8 Å². The molecule has 66 heavy (non-hydrogen) atoms. The minimum Gasteiger partial charge on any atom is -0.370 e. The Labute approximate surface area is 402 Å². The van der Waals surface area contributed by atoms with Gasteiger partial charge in [-0.1, -0.05) is 73.5 Å². The van der Waals surface area contributed by atoms with Gasteiger partial charge in [-0.15, -0.1) is 0 Å². The van der Waals surface area contributed by atoms with Crippen molar-refractivity contribution in [2.45, 2.75) is 82.0 Å². The Balaban J connectivity index is 0.000000316. The van der Waals surface area contributed by atoms with Crippen molar-refractivity contribution >= 4 is 98.6 Å². The van der Waals surface area contributed by atoms with Crippen LogP contribution >= 0.6 is 55.2 Å². The number of unbranched alkanes of at least 4 members (excludes halogenated alkanes) is 1. The fourth-order valence-corrected chi connectivity index (χ4v) is 14.4. The van der Waals surface area contributed by atoms with E-state index in [1.807, 2.05) is 0 Å². The minimum atomic E-state index is -5.53. The number of benzene rings is 4. The van der Waals surface area contributed by atoms with E-state index in [0.717, 1.165) is 48.2 Å². The molecule has 24 heteroatoms. The second-order valence-electron chi connectivity index (χ2n) is 14.1. The first-order valence-corrected chi connectivity index (χ1v) is 24.8. The molecule has 0 heterocycles. The van der Waals surface area contributed by atoms with Gasteiger partial charge in [0.2, 0.25) is 23.8 Å². The number of rotatable bonds is 12. The van der Waals surface area contributed by atoms with E-state index in [1.165, 1.54) is 24.3 Å². The van der Waals surface area contributed by atoms with E-state index in [4.69, 9.17) is 34.5 Å². The van der Waals surface area contributed by atoms with E-state index in [2.05, 4.69) is 41.8 Å². The van der Waals surface area contributed by atoms with Crippen LogP contribution in [0.2, 0.25) is 5.02 Å². The number of hydrogen-bond donors (Lipinski definition) is 4. The first-order valence-electron chi connectivity index (χ1n) is 19.1.